The zero-order valence-corrected chi connectivity index (χ0v) is 10.1. The molecule has 0 fully saturated rings. The minimum Gasteiger partial charge on any atom is -0.334 e. The van der Waals surface area contributed by atoms with Gasteiger partial charge in [0, 0.05) is 11.4 Å². The summed E-state index contributed by atoms with van der Waals surface area (Å²) >= 11 is 1.71. The Bertz CT molecular complexity index is 366. The van der Waals surface area contributed by atoms with Crippen molar-refractivity contribution < 1.29 is 4.79 Å². The molecule has 0 aliphatic carbocycles. The predicted octanol–water partition coefficient (Wildman–Crippen LogP) is 3.11. The Kier molecular flexibility index (Phi) is 5.50. The van der Waals surface area contributed by atoms with E-state index in [1.54, 1.807) is 17.8 Å². The Hall–Kier alpha value is -1.42. The fourth-order valence-electron chi connectivity index (χ4n) is 1.18. The van der Waals surface area contributed by atoms with Crippen molar-refractivity contribution in [2.24, 2.45) is 0 Å². The summed E-state index contributed by atoms with van der Waals surface area (Å²) in [6, 6.07) is 7.56. The van der Waals surface area contributed by atoms with Crippen LogP contribution >= 0.6 is 11.8 Å². The van der Waals surface area contributed by atoms with E-state index in [4.69, 9.17) is 0 Å². The fraction of sp³-hybridized carbons (Fsp3) is 0.250. The van der Waals surface area contributed by atoms with Gasteiger partial charge in [-0.05, 0) is 17.9 Å². The van der Waals surface area contributed by atoms with Crippen LogP contribution in [-0.4, -0.2) is 18.3 Å². The third kappa shape index (κ3) is 3.98. The lowest BCUT2D eigenvalue weighted by Gasteiger charge is -2.10. The smallest absolute Gasteiger partial charge is 0.319 e. The highest BCUT2D eigenvalue weighted by Gasteiger charge is 2.04. The third-order valence-corrected chi connectivity index (χ3v) is 2.80. The van der Waals surface area contributed by atoms with Crippen LogP contribution in [0.4, 0.5) is 10.5 Å². The second kappa shape index (κ2) is 6.95. The summed E-state index contributed by atoms with van der Waals surface area (Å²) < 4.78 is 0. The standard InChI is InChI=1S/C12H16N2OS/c1-3-9-13-12(15)14-10-7-5-6-8-11(10)16-4-2/h3,5-8H,1,4,9H2,2H3,(H2,13,14,15). The Morgan fingerprint density at radius 3 is 2.94 bits per heavy atom. The number of carbonyl (C=O) groups excluding carboxylic acids is 1. The topological polar surface area (TPSA) is 41.1 Å². The van der Waals surface area contributed by atoms with Gasteiger partial charge in [-0.2, -0.15) is 0 Å². The number of carbonyl (C=O) groups is 1. The summed E-state index contributed by atoms with van der Waals surface area (Å²) in [5.74, 6) is 0.979. The molecule has 0 bridgehead atoms. The zero-order chi connectivity index (χ0) is 11.8. The molecule has 0 aliphatic rings. The molecule has 0 unspecified atom stereocenters. The second-order valence-corrected chi connectivity index (χ2v) is 4.36. The molecular weight excluding hydrogens is 220 g/mol. The molecule has 0 heterocycles. The Labute approximate surface area is 100 Å². The zero-order valence-electron chi connectivity index (χ0n) is 9.32. The van der Waals surface area contributed by atoms with Crippen LogP contribution in [0, 0.1) is 0 Å². The number of thioether (sulfide) groups is 1. The van der Waals surface area contributed by atoms with Crippen LogP contribution in [0.2, 0.25) is 0 Å². The summed E-state index contributed by atoms with van der Waals surface area (Å²) in [5.41, 5.74) is 0.843. The number of hydrogen-bond donors (Lipinski definition) is 2. The van der Waals surface area contributed by atoms with Gasteiger partial charge in [-0.25, -0.2) is 4.79 Å². The minimum absolute atomic E-state index is 0.205. The fourth-order valence-corrected chi connectivity index (χ4v) is 1.94. The molecule has 0 aliphatic heterocycles. The van der Waals surface area contributed by atoms with Gasteiger partial charge >= 0.3 is 6.03 Å². The van der Waals surface area contributed by atoms with Crippen molar-refractivity contribution in [1.29, 1.82) is 0 Å². The summed E-state index contributed by atoms with van der Waals surface area (Å²) in [6.07, 6.45) is 1.65. The van der Waals surface area contributed by atoms with Crippen molar-refractivity contribution in [3.63, 3.8) is 0 Å². The molecule has 86 valence electrons. The predicted molar refractivity (Wildman–Crippen MR) is 70.1 cm³/mol. The highest BCUT2D eigenvalue weighted by atomic mass is 32.2. The first kappa shape index (κ1) is 12.6. The number of amides is 2. The second-order valence-electron chi connectivity index (χ2n) is 3.05. The maximum Gasteiger partial charge on any atom is 0.319 e. The lowest BCUT2D eigenvalue weighted by Crippen LogP contribution is -2.28. The molecular formula is C12H16N2OS. The van der Waals surface area contributed by atoms with Crippen LogP contribution < -0.4 is 10.6 Å². The number of nitrogens with one attached hydrogen (secondary N) is 2. The van der Waals surface area contributed by atoms with Crippen LogP contribution in [0.25, 0.3) is 0 Å². The van der Waals surface area contributed by atoms with Crippen LogP contribution in [0.15, 0.2) is 41.8 Å². The first-order valence-corrected chi connectivity index (χ1v) is 6.14. The average Bonchev–Trinajstić information content (AvgIpc) is 2.29. The first-order valence-electron chi connectivity index (χ1n) is 5.15. The van der Waals surface area contributed by atoms with E-state index >= 15 is 0 Å². The molecule has 1 aromatic carbocycles. The van der Waals surface area contributed by atoms with Crippen LogP contribution in [0.5, 0.6) is 0 Å². The number of rotatable bonds is 5. The summed E-state index contributed by atoms with van der Waals surface area (Å²) in [7, 11) is 0. The number of anilines is 1. The van der Waals surface area contributed by atoms with Gasteiger partial charge in [0.2, 0.25) is 0 Å². The van der Waals surface area contributed by atoms with Crippen molar-refractivity contribution >= 4 is 23.5 Å². The molecule has 4 heteroatoms. The summed E-state index contributed by atoms with van der Waals surface area (Å²) in [4.78, 5) is 12.5. The molecule has 0 saturated carbocycles. The molecule has 0 radical (unpaired) electrons. The molecule has 1 rings (SSSR count). The molecule has 1 aromatic rings. The maximum absolute atomic E-state index is 11.4. The molecule has 2 amide bonds. The molecule has 16 heavy (non-hydrogen) atoms. The molecule has 2 N–H and O–H groups in total. The summed E-state index contributed by atoms with van der Waals surface area (Å²) in [5, 5.41) is 5.48. The summed E-state index contributed by atoms with van der Waals surface area (Å²) in [6.45, 7) is 6.09. The number of urea groups is 1. The Morgan fingerprint density at radius 2 is 2.25 bits per heavy atom. The normalized spacial score (nSPS) is 9.56. The van der Waals surface area contributed by atoms with E-state index in [0.29, 0.717) is 6.54 Å². The van der Waals surface area contributed by atoms with Crippen LogP contribution in [0.1, 0.15) is 6.92 Å². The molecule has 0 aromatic heterocycles. The van der Waals surface area contributed by atoms with Crippen LogP contribution in [0.3, 0.4) is 0 Å². The van der Waals surface area contributed by atoms with E-state index in [9.17, 15) is 4.79 Å². The average molecular weight is 236 g/mol. The number of para-hydroxylation sites is 1. The third-order valence-electron chi connectivity index (χ3n) is 1.84. The minimum atomic E-state index is -0.205. The Morgan fingerprint density at radius 1 is 1.50 bits per heavy atom. The highest BCUT2D eigenvalue weighted by molar-refractivity contribution is 7.99. The quantitative estimate of drug-likeness (QED) is 0.609. The molecule has 0 spiro atoms. The highest BCUT2D eigenvalue weighted by Crippen LogP contribution is 2.26. The van der Waals surface area contributed by atoms with Crippen molar-refractivity contribution in [2.45, 2.75) is 11.8 Å². The van der Waals surface area contributed by atoms with Gasteiger partial charge < -0.3 is 10.6 Å². The lowest BCUT2D eigenvalue weighted by molar-refractivity contribution is 0.253. The van der Waals surface area contributed by atoms with Gasteiger partial charge in [0.25, 0.3) is 0 Å². The Balaban J connectivity index is 2.64. The van der Waals surface area contributed by atoms with Crippen molar-refractivity contribution in [3.05, 3.63) is 36.9 Å². The lowest BCUT2D eigenvalue weighted by atomic mass is 10.3. The van der Waals surface area contributed by atoms with Gasteiger partial charge in [-0.15, -0.1) is 18.3 Å². The van der Waals surface area contributed by atoms with Crippen LogP contribution in [-0.2, 0) is 0 Å². The van der Waals surface area contributed by atoms with Gasteiger partial charge in [-0.1, -0.05) is 25.1 Å². The van der Waals surface area contributed by atoms with Gasteiger partial charge in [-0.3, -0.25) is 0 Å². The van der Waals surface area contributed by atoms with E-state index in [1.807, 2.05) is 24.3 Å². The van der Waals surface area contributed by atoms with Gasteiger partial charge in [0.05, 0.1) is 5.69 Å². The van der Waals surface area contributed by atoms with E-state index in [2.05, 4.69) is 24.1 Å². The molecule has 3 nitrogen and oxygen atoms in total. The van der Waals surface area contributed by atoms with E-state index in [1.165, 1.54) is 0 Å². The maximum atomic E-state index is 11.4. The van der Waals surface area contributed by atoms with E-state index < -0.39 is 0 Å². The van der Waals surface area contributed by atoms with Gasteiger partial charge in [0.15, 0.2) is 0 Å². The van der Waals surface area contributed by atoms with Crippen molar-refractivity contribution in [2.75, 3.05) is 17.6 Å². The first-order chi connectivity index (χ1) is 7.77. The van der Waals surface area contributed by atoms with Crippen molar-refractivity contribution in [1.82, 2.24) is 5.32 Å². The molecule has 0 atom stereocenters. The monoisotopic (exact) mass is 236 g/mol. The number of hydrogen-bond acceptors (Lipinski definition) is 2. The van der Waals surface area contributed by atoms with Gasteiger partial charge in [0.1, 0.15) is 0 Å². The largest absolute Gasteiger partial charge is 0.334 e. The van der Waals surface area contributed by atoms with E-state index in [0.717, 1.165) is 16.3 Å². The van der Waals surface area contributed by atoms with E-state index in [-0.39, 0.29) is 6.03 Å². The SMILES string of the molecule is C=CCNC(=O)Nc1ccccc1SCC. The molecule has 0 saturated heterocycles. The van der Waals surface area contributed by atoms with Crippen molar-refractivity contribution in [3.8, 4) is 0 Å². The number of benzene rings is 1.